The van der Waals surface area contributed by atoms with Gasteiger partial charge in [-0.25, -0.2) is 9.97 Å². The average Bonchev–Trinajstić information content (AvgIpc) is 3.31. The van der Waals surface area contributed by atoms with Crippen LogP contribution in [0.25, 0.3) is 22.6 Å². The van der Waals surface area contributed by atoms with E-state index in [1.54, 1.807) is 5.51 Å². The molecule has 0 saturated heterocycles. The third kappa shape index (κ3) is 3.61. The number of benzene rings is 2. The molecule has 136 valence electrons. The summed E-state index contributed by atoms with van der Waals surface area (Å²) in [7, 11) is 0. The number of imidazole rings is 1. The molecular formula is C21H20N4OS. The molecule has 2 aromatic carbocycles. The van der Waals surface area contributed by atoms with Crippen LogP contribution in [0.15, 0.2) is 59.4 Å². The predicted octanol–water partition coefficient (Wildman–Crippen LogP) is 5.06. The van der Waals surface area contributed by atoms with Crippen molar-refractivity contribution in [2.45, 2.75) is 19.8 Å². The summed E-state index contributed by atoms with van der Waals surface area (Å²) < 4.78 is 0. The summed E-state index contributed by atoms with van der Waals surface area (Å²) in [4.78, 5) is 25.1. The third-order valence-electron chi connectivity index (χ3n) is 4.53. The Hall–Kier alpha value is -2.99. The molecule has 2 aromatic heterocycles. The van der Waals surface area contributed by atoms with Crippen LogP contribution in [0.2, 0.25) is 0 Å². The van der Waals surface area contributed by atoms with E-state index in [-0.39, 0.29) is 17.7 Å². The lowest BCUT2D eigenvalue weighted by atomic mass is 9.87. The smallest absolute Gasteiger partial charge is 0.232 e. The topological polar surface area (TPSA) is 70.7 Å². The first kappa shape index (κ1) is 17.4. The summed E-state index contributed by atoms with van der Waals surface area (Å²) in [6.07, 6.45) is 0. The fourth-order valence-corrected chi connectivity index (χ4v) is 3.79. The Balaban J connectivity index is 1.59. The number of hydrogen-bond acceptors (Lipinski definition) is 4. The van der Waals surface area contributed by atoms with Crippen LogP contribution in [0.3, 0.4) is 0 Å². The van der Waals surface area contributed by atoms with E-state index in [0.717, 1.165) is 33.8 Å². The van der Waals surface area contributed by atoms with Gasteiger partial charge in [0.15, 0.2) is 5.82 Å². The summed E-state index contributed by atoms with van der Waals surface area (Å²) in [6.45, 7) is 4.13. The Morgan fingerprint density at radius 2 is 1.96 bits per heavy atom. The maximum Gasteiger partial charge on any atom is 0.232 e. The fraction of sp³-hybridized carbons (Fsp3) is 0.190. The van der Waals surface area contributed by atoms with E-state index < -0.39 is 0 Å². The molecule has 1 unspecified atom stereocenters. The first-order chi connectivity index (χ1) is 13.1. The predicted molar refractivity (Wildman–Crippen MR) is 110 cm³/mol. The van der Waals surface area contributed by atoms with Crippen LogP contribution in [0.1, 0.15) is 25.3 Å². The highest BCUT2D eigenvalue weighted by molar-refractivity contribution is 7.07. The number of amides is 1. The molecule has 1 atom stereocenters. The lowest BCUT2D eigenvalue weighted by Gasteiger charge is -2.20. The third-order valence-corrected chi connectivity index (χ3v) is 5.12. The van der Waals surface area contributed by atoms with Gasteiger partial charge in [-0.3, -0.25) is 4.79 Å². The molecular weight excluding hydrogens is 356 g/mol. The van der Waals surface area contributed by atoms with Gasteiger partial charge in [-0.05, 0) is 29.7 Å². The number of fused-ring (bicyclic) bond motifs is 1. The maximum absolute atomic E-state index is 12.9. The Kier molecular flexibility index (Phi) is 4.73. The van der Waals surface area contributed by atoms with Crippen molar-refractivity contribution in [2.24, 2.45) is 5.92 Å². The zero-order valence-corrected chi connectivity index (χ0v) is 16.0. The highest BCUT2D eigenvalue weighted by Crippen LogP contribution is 2.27. The number of anilines is 1. The molecule has 1 amide bonds. The zero-order valence-electron chi connectivity index (χ0n) is 15.1. The summed E-state index contributed by atoms with van der Waals surface area (Å²) in [5, 5.41) is 5.01. The van der Waals surface area contributed by atoms with Crippen LogP contribution in [0, 0.1) is 5.92 Å². The number of rotatable bonds is 5. The standard InChI is InChI=1S/C21H20N4OS/c1-13(2)19(14-6-4-3-5-7-14)21(26)23-15-8-9-16-17(10-15)25-20(24-16)18-11-27-12-22-18/h3-13,19H,1-2H3,(H,23,26)(H,24,25). The minimum Gasteiger partial charge on any atom is -0.337 e. The molecule has 27 heavy (non-hydrogen) atoms. The van der Waals surface area contributed by atoms with Gasteiger partial charge in [0.2, 0.25) is 5.91 Å². The number of nitrogens with one attached hydrogen (secondary N) is 2. The highest BCUT2D eigenvalue weighted by atomic mass is 32.1. The first-order valence-corrected chi connectivity index (χ1v) is 9.80. The molecule has 0 spiro atoms. The van der Waals surface area contributed by atoms with Crippen molar-refractivity contribution in [3.05, 3.63) is 65.0 Å². The molecule has 0 radical (unpaired) electrons. The molecule has 2 N–H and O–H groups in total. The molecule has 0 aliphatic heterocycles. The van der Waals surface area contributed by atoms with Crippen LogP contribution in [-0.4, -0.2) is 20.9 Å². The number of aromatic nitrogens is 3. The van der Waals surface area contributed by atoms with Gasteiger partial charge >= 0.3 is 0 Å². The molecule has 0 aliphatic carbocycles. The molecule has 4 rings (SSSR count). The van der Waals surface area contributed by atoms with Crippen LogP contribution in [0.5, 0.6) is 0 Å². The number of aromatic amines is 1. The number of carbonyl (C=O) groups is 1. The number of nitrogens with zero attached hydrogens (tertiary/aromatic N) is 2. The van der Waals surface area contributed by atoms with Gasteiger partial charge in [-0.2, -0.15) is 0 Å². The number of carbonyl (C=O) groups excluding carboxylic acids is 1. The molecule has 0 aliphatic rings. The fourth-order valence-electron chi connectivity index (χ4n) is 3.26. The van der Waals surface area contributed by atoms with Gasteiger partial charge < -0.3 is 10.3 Å². The first-order valence-electron chi connectivity index (χ1n) is 8.86. The summed E-state index contributed by atoms with van der Waals surface area (Å²) >= 11 is 1.53. The number of hydrogen-bond donors (Lipinski definition) is 2. The average molecular weight is 376 g/mol. The molecule has 4 aromatic rings. The second-order valence-corrected chi connectivity index (χ2v) is 7.53. The second kappa shape index (κ2) is 7.32. The van der Waals surface area contributed by atoms with Crippen molar-refractivity contribution in [1.29, 1.82) is 0 Å². The van der Waals surface area contributed by atoms with Crippen LogP contribution in [0.4, 0.5) is 5.69 Å². The van der Waals surface area contributed by atoms with Gasteiger partial charge in [0.1, 0.15) is 5.69 Å². The summed E-state index contributed by atoms with van der Waals surface area (Å²) in [5.74, 6) is 0.725. The van der Waals surface area contributed by atoms with Crippen molar-refractivity contribution < 1.29 is 4.79 Å². The van der Waals surface area contributed by atoms with Gasteiger partial charge in [0.05, 0.1) is 22.5 Å². The van der Waals surface area contributed by atoms with E-state index in [1.165, 1.54) is 11.3 Å². The van der Waals surface area contributed by atoms with Crippen molar-refractivity contribution in [3.8, 4) is 11.5 Å². The molecule has 5 nitrogen and oxygen atoms in total. The van der Waals surface area contributed by atoms with E-state index >= 15 is 0 Å². The lowest BCUT2D eigenvalue weighted by Crippen LogP contribution is -2.25. The van der Waals surface area contributed by atoms with Gasteiger partial charge in [-0.15, -0.1) is 11.3 Å². The lowest BCUT2D eigenvalue weighted by molar-refractivity contribution is -0.118. The molecule has 0 bridgehead atoms. The molecule has 2 heterocycles. The van der Waals surface area contributed by atoms with Crippen molar-refractivity contribution >= 4 is 34.0 Å². The summed E-state index contributed by atoms with van der Waals surface area (Å²) in [5.41, 5.74) is 6.10. The van der Waals surface area contributed by atoms with Gasteiger partial charge in [0, 0.05) is 11.1 Å². The summed E-state index contributed by atoms with van der Waals surface area (Å²) in [6, 6.07) is 15.6. The monoisotopic (exact) mass is 376 g/mol. The second-order valence-electron chi connectivity index (χ2n) is 6.81. The van der Waals surface area contributed by atoms with Crippen LogP contribution >= 0.6 is 11.3 Å². The van der Waals surface area contributed by atoms with Crippen molar-refractivity contribution in [1.82, 2.24) is 15.0 Å². The molecule has 6 heteroatoms. The molecule has 0 saturated carbocycles. The van der Waals surface area contributed by atoms with Crippen LogP contribution < -0.4 is 5.32 Å². The SMILES string of the molecule is CC(C)C(C(=O)Nc1ccc2nc(-c3cscn3)[nH]c2c1)c1ccccc1. The largest absolute Gasteiger partial charge is 0.337 e. The van der Waals surface area contributed by atoms with Gasteiger partial charge in [0.25, 0.3) is 0 Å². The number of thiazole rings is 1. The quantitative estimate of drug-likeness (QED) is 0.511. The van der Waals surface area contributed by atoms with Crippen molar-refractivity contribution in [2.75, 3.05) is 5.32 Å². The highest BCUT2D eigenvalue weighted by Gasteiger charge is 2.24. The maximum atomic E-state index is 12.9. The zero-order chi connectivity index (χ0) is 18.8. The minimum atomic E-state index is -0.200. The Morgan fingerprint density at radius 3 is 2.67 bits per heavy atom. The van der Waals surface area contributed by atoms with Crippen molar-refractivity contribution in [3.63, 3.8) is 0 Å². The van der Waals surface area contributed by atoms with Crippen LogP contribution in [-0.2, 0) is 4.79 Å². The van der Waals surface area contributed by atoms with E-state index in [2.05, 4.69) is 34.1 Å². The van der Waals surface area contributed by atoms with E-state index in [9.17, 15) is 4.79 Å². The molecule has 0 fully saturated rings. The Morgan fingerprint density at radius 1 is 1.15 bits per heavy atom. The number of H-pyrrole nitrogens is 1. The normalized spacial score (nSPS) is 12.4. The van der Waals surface area contributed by atoms with Gasteiger partial charge in [-0.1, -0.05) is 44.2 Å². The Labute approximate surface area is 161 Å². The minimum absolute atomic E-state index is 0.00482. The van der Waals surface area contributed by atoms with E-state index in [1.807, 2.05) is 53.9 Å². The Bertz CT molecular complexity index is 1050. The van der Waals surface area contributed by atoms with E-state index in [0.29, 0.717) is 0 Å². The van der Waals surface area contributed by atoms with E-state index in [4.69, 9.17) is 0 Å².